The summed E-state index contributed by atoms with van der Waals surface area (Å²) < 4.78 is 42.2. The summed E-state index contributed by atoms with van der Waals surface area (Å²) in [4.78, 5) is 17.0. The summed E-state index contributed by atoms with van der Waals surface area (Å²) in [7, 11) is -1.19. The van der Waals surface area contributed by atoms with Crippen LogP contribution in [-0.4, -0.2) is 72.8 Å². The van der Waals surface area contributed by atoms with Crippen molar-refractivity contribution in [3.63, 3.8) is 0 Å². The van der Waals surface area contributed by atoms with E-state index >= 15 is 0 Å². The highest BCUT2D eigenvalue weighted by Gasteiger charge is 2.33. The summed E-state index contributed by atoms with van der Waals surface area (Å²) in [6.45, 7) is 5.18. The molecule has 5 rings (SSSR count). The fourth-order valence-electron chi connectivity index (χ4n) is 4.02. The topological polar surface area (TPSA) is 176 Å². The van der Waals surface area contributed by atoms with Crippen LogP contribution in [0.3, 0.4) is 0 Å². The fourth-order valence-corrected chi connectivity index (χ4v) is 5.26. The van der Waals surface area contributed by atoms with Gasteiger partial charge in [-0.15, -0.1) is 10.2 Å². The molecule has 0 saturated heterocycles. The quantitative estimate of drug-likeness (QED) is 0.276. The summed E-state index contributed by atoms with van der Waals surface area (Å²) in [6.07, 6.45) is 4.57. The highest BCUT2D eigenvalue weighted by atomic mass is 32.2. The van der Waals surface area contributed by atoms with Crippen LogP contribution in [0, 0.1) is 6.92 Å². The van der Waals surface area contributed by atoms with Gasteiger partial charge < -0.3 is 9.47 Å². The summed E-state index contributed by atoms with van der Waals surface area (Å²) in [5.74, 6) is 0.170. The molecule has 0 radical (unpaired) electrons. The maximum Gasteiger partial charge on any atom is 0.245 e. The number of methoxy groups -OCH3 is 2. The number of nitrogens with zero attached hydrogens (tertiary/aromatic N) is 8. The van der Waals surface area contributed by atoms with Crippen LogP contribution in [0.1, 0.15) is 31.2 Å². The Hall–Kier alpha value is -4.66. The Labute approximate surface area is 223 Å². The summed E-state index contributed by atoms with van der Waals surface area (Å²) in [5, 5.41) is 15.7. The molecular formula is C24H26N10O4S. The number of rotatable bonds is 9. The lowest BCUT2D eigenvalue weighted by Gasteiger charge is -2.20. The van der Waals surface area contributed by atoms with E-state index in [0.29, 0.717) is 11.5 Å². The molecule has 0 aliphatic heterocycles. The number of aryl methyl sites for hydroxylation is 1. The van der Waals surface area contributed by atoms with Crippen molar-refractivity contribution in [3.8, 4) is 29.0 Å². The van der Waals surface area contributed by atoms with Crippen LogP contribution >= 0.6 is 0 Å². The van der Waals surface area contributed by atoms with E-state index in [2.05, 4.69) is 45.1 Å². The summed E-state index contributed by atoms with van der Waals surface area (Å²) >= 11 is 0. The number of anilines is 1. The average molecular weight is 551 g/mol. The number of fused-ring (bicyclic) bond motifs is 1. The van der Waals surface area contributed by atoms with E-state index in [0.717, 1.165) is 16.5 Å². The Morgan fingerprint density at radius 3 is 2.31 bits per heavy atom. The molecule has 2 unspecified atom stereocenters. The number of ether oxygens (including phenoxy) is 2. The first-order chi connectivity index (χ1) is 18.7. The fraction of sp³-hybridized carbons (Fsp3) is 0.292. The van der Waals surface area contributed by atoms with Gasteiger partial charge in [0.15, 0.2) is 11.5 Å². The zero-order chi connectivity index (χ0) is 27.7. The van der Waals surface area contributed by atoms with Crippen molar-refractivity contribution in [3.05, 3.63) is 54.4 Å². The SMILES string of the molecule is COc1ncnc(OC)c1-n1c(NS(=O)(=O)C(C)C(C)c2ncc(C)cn2)nnc1-c1n[nH]c2ccccc12. The van der Waals surface area contributed by atoms with Crippen molar-refractivity contribution < 1.29 is 17.9 Å². The molecular weight excluding hydrogens is 524 g/mol. The molecule has 39 heavy (non-hydrogen) atoms. The molecule has 0 aliphatic carbocycles. The Kier molecular flexibility index (Phi) is 6.82. The third kappa shape index (κ3) is 4.71. The second-order valence-corrected chi connectivity index (χ2v) is 10.8. The Morgan fingerprint density at radius 2 is 1.64 bits per heavy atom. The van der Waals surface area contributed by atoms with Crippen LogP contribution in [-0.2, 0) is 10.0 Å². The Balaban J connectivity index is 1.65. The summed E-state index contributed by atoms with van der Waals surface area (Å²) in [6, 6.07) is 7.44. The first-order valence-electron chi connectivity index (χ1n) is 11.9. The first-order valence-corrected chi connectivity index (χ1v) is 13.4. The second-order valence-electron chi connectivity index (χ2n) is 8.80. The maximum absolute atomic E-state index is 13.6. The van der Waals surface area contributed by atoms with Gasteiger partial charge in [-0.05, 0) is 25.5 Å². The predicted molar refractivity (Wildman–Crippen MR) is 142 cm³/mol. The number of nitrogens with one attached hydrogen (secondary N) is 2. The smallest absolute Gasteiger partial charge is 0.245 e. The van der Waals surface area contributed by atoms with Gasteiger partial charge in [-0.3, -0.25) is 9.82 Å². The van der Waals surface area contributed by atoms with Gasteiger partial charge in [-0.2, -0.15) is 15.1 Å². The van der Waals surface area contributed by atoms with Crippen LogP contribution in [0.5, 0.6) is 11.8 Å². The van der Waals surface area contributed by atoms with Gasteiger partial charge in [0.05, 0.1) is 25.0 Å². The number of hydrogen-bond acceptors (Lipinski definition) is 11. The Bertz CT molecular complexity index is 1710. The third-order valence-electron chi connectivity index (χ3n) is 6.35. The maximum atomic E-state index is 13.6. The summed E-state index contributed by atoms with van der Waals surface area (Å²) in [5.41, 5.74) is 2.24. The lowest BCUT2D eigenvalue weighted by Crippen LogP contribution is -2.31. The minimum absolute atomic E-state index is 0.109. The first kappa shape index (κ1) is 26.0. The van der Waals surface area contributed by atoms with Crippen LogP contribution in [0.25, 0.3) is 28.1 Å². The van der Waals surface area contributed by atoms with Crippen LogP contribution in [0.4, 0.5) is 5.95 Å². The lowest BCUT2D eigenvalue weighted by molar-refractivity contribution is 0.368. The number of aromatic amines is 1. The molecule has 0 fully saturated rings. The highest BCUT2D eigenvalue weighted by Crippen LogP contribution is 2.36. The van der Waals surface area contributed by atoms with Gasteiger partial charge in [-0.25, -0.2) is 23.0 Å². The molecule has 5 aromatic rings. The van der Waals surface area contributed by atoms with E-state index in [1.165, 1.54) is 25.1 Å². The monoisotopic (exact) mass is 550 g/mol. The van der Waals surface area contributed by atoms with E-state index in [1.54, 1.807) is 26.2 Å². The molecule has 1 aromatic carbocycles. The molecule has 14 nitrogen and oxygen atoms in total. The normalized spacial score (nSPS) is 13.3. The van der Waals surface area contributed by atoms with E-state index in [1.807, 2.05) is 31.2 Å². The zero-order valence-corrected chi connectivity index (χ0v) is 22.6. The second kappa shape index (κ2) is 10.2. The standard InChI is InChI=1S/C24H26N10O4S/c1-13-10-25-20(26-11-13)14(2)15(3)39(35,36)33-24-32-31-21(18-16-8-6-7-9-17(16)29-30-18)34(24)19-22(37-4)27-12-28-23(19)38-5/h6-12,14-15H,1-5H3,(H,29,30)(H,32,33). The molecule has 4 aromatic heterocycles. The van der Waals surface area contributed by atoms with Crippen LogP contribution < -0.4 is 14.2 Å². The minimum Gasteiger partial charge on any atom is -0.479 e. The van der Waals surface area contributed by atoms with Gasteiger partial charge in [0.2, 0.25) is 27.7 Å². The number of aromatic nitrogens is 9. The van der Waals surface area contributed by atoms with Crippen molar-refractivity contribution >= 4 is 26.9 Å². The highest BCUT2D eigenvalue weighted by molar-refractivity contribution is 7.93. The molecule has 0 aliphatic rings. The van der Waals surface area contributed by atoms with E-state index in [4.69, 9.17) is 9.47 Å². The lowest BCUT2D eigenvalue weighted by atomic mass is 10.1. The molecule has 4 heterocycles. The van der Waals surface area contributed by atoms with Crippen molar-refractivity contribution in [2.75, 3.05) is 18.9 Å². The van der Waals surface area contributed by atoms with E-state index < -0.39 is 21.2 Å². The van der Waals surface area contributed by atoms with Gasteiger partial charge in [0, 0.05) is 23.7 Å². The van der Waals surface area contributed by atoms with E-state index in [9.17, 15) is 8.42 Å². The predicted octanol–water partition coefficient (Wildman–Crippen LogP) is 2.65. The molecule has 0 spiro atoms. The third-order valence-corrected chi connectivity index (χ3v) is 8.20. The molecule has 0 amide bonds. The van der Waals surface area contributed by atoms with E-state index in [-0.39, 0.29) is 29.2 Å². The van der Waals surface area contributed by atoms with Crippen molar-refractivity contribution in [2.45, 2.75) is 31.9 Å². The molecule has 2 N–H and O–H groups in total. The van der Waals surface area contributed by atoms with Gasteiger partial charge in [-0.1, -0.05) is 25.1 Å². The minimum atomic E-state index is -4.04. The van der Waals surface area contributed by atoms with Gasteiger partial charge >= 0.3 is 0 Å². The average Bonchev–Trinajstić information content (AvgIpc) is 3.55. The largest absolute Gasteiger partial charge is 0.479 e. The molecule has 202 valence electrons. The Morgan fingerprint density at radius 1 is 0.974 bits per heavy atom. The zero-order valence-electron chi connectivity index (χ0n) is 21.8. The van der Waals surface area contributed by atoms with Crippen LogP contribution in [0.2, 0.25) is 0 Å². The van der Waals surface area contributed by atoms with Crippen molar-refractivity contribution in [1.82, 2.24) is 44.9 Å². The van der Waals surface area contributed by atoms with Crippen LogP contribution in [0.15, 0.2) is 43.0 Å². The molecule has 2 atom stereocenters. The molecule has 0 bridgehead atoms. The number of para-hydroxylation sites is 1. The van der Waals surface area contributed by atoms with Crippen molar-refractivity contribution in [2.24, 2.45) is 0 Å². The number of benzene rings is 1. The number of sulfonamides is 1. The van der Waals surface area contributed by atoms with Crippen molar-refractivity contribution in [1.29, 1.82) is 0 Å². The number of hydrogen-bond donors (Lipinski definition) is 2. The molecule has 0 saturated carbocycles. The van der Waals surface area contributed by atoms with Gasteiger partial charge in [0.25, 0.3) is 0 Å². The molecule has 15 heteroatoms. The number of H-pyrrole nitrogens is 1. The van der Waals surface area contributed by atoms with Gasteiger partial charge in [0.1, 0.15) is 17.8 Å².